The maximum absolute atomic E-state index is 6.31. The SMILES string of the molecule is CC1(c2n[nH]c(C3CCCC3)n2)CCCCC1N. The first kappa shape index (κ1) is 12.2. The van der Waals surface area contributed by atoms with Crippen LogP contribution < -0.4 is 5.73 Å². The second-order valence-electron chi connectivity index (χ2n) is 6.30. The summed E-state index contributed by atoms with van der Waals surface area (Å²) in [5.41, 5.74) is 6.29. The van der Waals surface area contributed by atoms with Crippen LogP contribution in [-0.4, -0.2) is 21.2 Å². The molecular weight excluding hydrogens is 224 g/mol. The van der Waals surface area contributed by atoms with Crippen molar-refractivity contribution in [2.75, 3.05) is 0 Å². The standard InChI is InChI=1S/C14H24N4/c1-14(9-5-4-8-11(14)15)13-16-12(17-18-13)10-6-2-3-7-10/h10-11H,2-9,15H2,1H3,(H,16,17,18). The van der Waals surface area contributed by atoms with Gasteiger partial charge in [-0.25, -0.2) is 4.98 Å². The Balaban J connectivity index is 1.83. The van der Waals surface area contributed by atoms with Crippen molar-refractivity contribution in [1.29, 1.82) is 0 Å². The molecule has 4 heteroatoms. The zero-order chi connectivity index (χ0) is 12.6. The van der Waals surface area contributed by atoms with Crippen LogP contribution in [0.2, 0.25) is 0 Å². The molecule has 2 saturated carbocycles. The first-order chi connectivity index (χ1) is 8.70. The molecule has 0 aromatic carbocycles. The Kier molecular flexibility index (Phi) is 3.14. The van der Waals surface area contributed by atoms with Crippen LogP contribution in [0, 0.1) is 0 Å². The van der Waals surface area contributed by atoms with Crippen molar-refractivity contribution in [2.45, 2.75) is 75.7 Å². The van der Waals surface area contributed by atoms with E-state index in [4.69, 9.17) is 10.7 Å². The summed E-state index contributed by atoms with van der Waals surface area (Å²) in [6, 6.07) is 0.207. The highest BCUT2D eigenvalue weighted by atomic mass is 15.2. The van der Waals surface area contributed by atoms with Gasteiger partial charge in [-0.3, -0.25) is 5.10 Å². The third-order valence-electron chi connectivity index (χ3n) is 5.04. The van der Waals surface area contributed by atoms with Crippen LogP contribution in [0.1, 0.15) is 75.9 Å². The summed E-state index contributed by atoms with van der Waals surface area (Å²) in [6.45, 7) is 2.23. The molecule has 2 fully saturated rings. The third kappa shape index (κ3) is 1.96. The molecular formula is C14H24N4. The van der Waals surface area contributed by atoms with E-state index < -0.39 is 0 Å². The Morgan fingerprint density at radius 1 is 1.17 bits per heavy atom. The van der Waals surface area contributed by atoms with Crippen LogP contribution in [0.3, 0.4) is 0 Å². The summed E-state index contributed by atoms with van der Waals surface area (Å²) >= 11 is 0. The number of hydrogen-bond donors (Lipinski definition) is 2. The average molecular weight is 248 g/mol. The lowest BCUT2D eigenvalue weighted by Crippen LogP contribution is -2.46. The summed E-state index contributed by atoms with van der Waals surface area (Å²) < 4.78 is 0. The van der Waals surface area contributed by atoms with E-state index in [1.807, 2.05) is 0 Å². The van der Waals surface area contributed by atoms with Gasteiger partial charge in [-0.2, -0.15) is 5.10 Å². The summed E-state index contributed by atoms with van der Waals surface area (Å²) in [6.07, 6.45) is 9.90. The summed E-state index contributed by atoms with van der Waals surface area (Å²) in [4.78, 5) is 4.79. The van der Waals surface area contributed by atoms with Crippen LogP contribution in [0.4, 0.5) is 0 Å². The van der Waals surface area contributed by atoms with Gasteiger partial charge in [0.15, 0.2) is 5.82 Å². The molecule has 4 nitrogen and oxygen atoms in total. The molecule has 2 aliphatic carbocycles. The lowest BCUT2D eigenvalue weighted by Gasteiger charge is -2.36. The Hall–Kier alpha value is -0.900. The lowest BCUT2D eigenvalue weighted by molar-refractivity contribution is 0.259. The Labute approximate surface area is 109 Å². The van der Waals surface area contributed by atoms with Gasteiger partial charge in [0.05, 0.1) is 0 Å². The van der Waals surface area contributed by atoms with Gasteiger partial charge in [-0.15, -0.1) is 0 Å². The Bertz CT molecular complexity index is 408. The molecule has 1 aromatic heterocycles. The first-order valence-electron chi connectivity index (χ1n) is 7.38. The summed E-state index contributed by atoms with van der Waals surface area (Å²) in [5, 5.41) is 7.66. The molecule has 3 N–H and O–H groups in total. The maximum atomic E-state index is 6.31. The molecule has 0 amide bonds. The van der Waals surface area contributed by atoms with E-state index >= 15 is 0 Å². The second-order valence-corrected chi connectivity index (χ2v) is 6.30. The van der Waals surface area contributed by atoms with Crippen molar-refractivity contribution < 1.29 is 0 Å². The maximum Gasteiger partial charge on any atom is 0.158 e. The molecule has 0 saturated heterocycles. The summed E-state index contributed by atoms with van der Waals surface area (Å²) in [5.74, 6) is 2.66. The molecule has 18 heavy (non-hydrogen) atoms. The highest BCUT2D eigenvalue weighted by molar-refractivity contribution is 5.14. The molecule has 0 bridgehead atoms. The number of aromatic amines is 1. The van der Waals surface area contributed by atoms with Gasteiger partial charge in [0, 0.05) is 17.4 Å². The molecule has 2 aliphatic rings. The molecule has 0 spiro atoms. The number of aromatic nitrogens is 3. The van der Waals surface area contributed by atoms with Crippen molar-refractivity contribution in [3.8, 4) is 0 Å². The van der Waals surface area contributed by atoms with Gasteiger partial charge in [-0.1, -0.05) is 32.6 Å². The van der Waals surface area contributed by atoms with Crippen LogP contribution in [0.15, 0.2) is 0 Å². The van der Waals surface area contributed by atoms with Gasteiger partial charge in [0.25, 0.3) is 0 Å². The number of nitrogens with two attached hydrogens (primary N) is 1. The second kappa shape index (κ2) is 4.65. The van der Waals surface area contributed by atoms with Crippen molar-refractivity contribution >= 4 is 0 Å². The van der Waals surface area contributed by atoms with E-state index in [1.54, 1.807) is 0 Å². The molecule has 3 rings (SSSR count). The van der Waals surface area contributed by atoms with E-state index in [0.717, 1.165) is 24.5 Å². The van der Waals surface area contributed by atoms with Crippen LogP contribution >= 0.6 is 0 Å². The predicted molar refractivity (Wildman–Crippen MR) is 71.4 cm³/mol. The highest BCUT2D eigenvalue weighted by Gasteiger charge is 2.39. The number of rotatable bonds is 2. The van der Waals surface area contributed by atoms with Crippen LogP contribution in [0.25, 0.3) is 0 Å². The van der Waals surface area contributed by atoms with Gasteiger partial charge in [0.1, 0.15) is 5.82 Å². The van der Waals surface area contributed by atoms with Gasteiger partial charge < -0.3 is 5.73 Å². The molecule has 0 radical (unpaired) electrons. The Morgan fingerprint density at radius 3 is 2.61 bits per heavy atom. The molecule has 1 aromatic rings. The minimum Gasteiger partial charge on any atom is -0.327 e. The van der Waals surface area contributed by atoms with E-state index in [-0.39, 0.29) is 11.5 Å². The van der Waals surface area contributed by atoms with Crippen molar-refractivity contribution in [3.05, 3.63) is 11.6 Å². The topological polar surface area (TPSA) is 67.6 Å². The van der Waals surface area contributed by atoms with Crippen molar-refractivity contribution in [1.82, 2.24) is 15.2 Å². The monoisotopic (exact) mass is 248 g/mol. The smallest absolute Gasteiger partial charge is 0.158 e. The largest absolute Gasteiger partial charge is 0.327 e. The molecule has 0 aliphatic heterocycles. The molecule has 2 unspecified atom stereocenters. The normalized spacial score (nSPS) is 34.0. The number of nitrogens with one attached hydrogen (secondary N) is 1. The fraction of sp³-hybridized carbons (Fsp3) is 0.857. The quantitative estimate of drug-likeness (QED) is 0.845. The van der Waals surface area contributed by atoms with Gasteiger partial charge in [-0.05, 0) is 25.7 Å². The van der Waals surface area contributed by atoms with E-state index in [1.165, 1.54) is 38.5 Å². The molecule has 100 valence electrons. The fourth-order valence-corrected chi connectivity index (χ4v) is 3.55. The van der Waals surface area contributed by atoms with Crippen molar-refractivity contribution in [2.24, 2.45) is 5.73 Å². The molecule has 1 heterocycles. The van der Waals surface area contributed by atoms with Crippen molar-refractivity contribution in [3.63, 3.8) is 0 Å². The fourth-order valence-electron chi connectivity index (χ4n) is 3.55. The minimum absolute atomic E-state index is 0.0222. The van der Waals surface area contributed by atoms with Gasteiger partial charge >= 0.3 is 0 Å². The number of H-pyrrole nitrogens is 1. The van der Waals surface area contributed by atoms with Crippen LogP contribution in [-0.2, 0) is 5.41 Å². The van der Waals surface area contributed by atoms with E-state index in [2.05, 4.69) is 17.1 Å². The zero-order valence-corrected chi connectivity index (χ0v) is 11.3. The minimum atomic E-state index is -0.0222. The Morgan fingerprint density at radius 2 is 1.89 bits per heavy atom. The number of nitrogens with zero attached hydrogens (tertiary/aromatic N) is 2. The van der Waals surface area contributed by atoms with Crippen LogP contribution in [0.5, 0.6) is 0 Å². The summed E-state index contributed by atoms with van der Waals surface area (Å²) in [7, 11) is 0. The number of hydrogen-bond acceptors (Lipinski definition) is 3. The van der Waals surface area contributed by atoms with E-state index in [9.17, 15) is 0 Å². The average Bonchev–Trinajstić information content (AvgIpc) is 3.01. The third-order valence-corrected chi connectivity index (χ3v) is 5.04. The zero-order valence-electron chi connectivity index (χ0n) is 11.3. The predicted octanol–water partition coefficient (Wildman–Crippen LogP) is 2.62. The molecule has 2 atom stereocenters. The lowest BCUT2D eigenvalue weighted by atomic mass is 9.71. The highest BCUT2D eigenvalue weighted by Crippen LogP contribution is 2.38. The van der Waals surface area contributed by atoms with E-state index in [0.29, 0.717) is 5.92 Å². The van der Waals surface area contributed by atoms with Gasteiger partial charge in [0.2, 0.25) is 0 Å². The first-order valence-corrected chi connectivity index (χ1v) is 7.38.